The highest BCUT2D eigenvalue weighted by molar-refractivity contribution is 5.11. The van der Waals surface area contributed by atoms with Crippen molar-refractivity contribution in [3.8, 4) is 0 Å². The fraction of sp³-hybridized carbons (Fsp3) is 0.167. The predicted octanol–water partition coefficient (Wildman–Crippen LogP) is 1.71. The topological polar surface area (TPSA) is 0 Å². The first-order valence-corrected chi connectivity index (χ1v) is 1.82. The van der Waals surface area contributed by atoms with E-state index in [1.807, 2.05) is 0 Å². The van der Waals surface area contributed by atoms with Crippen LogP contribution in [-0.2, 0) is 0 Å². The molecule has 0 saturated heterocycles. The summed E-state index contributed by atoms with van der Waals surface area (Å²) in [6.45, 7) is 0. The molecule has 0 aromatic carbocycles. The van der Waals surface area contributed by atoms with Crippen LogP contribution in [0.5, 0.6) is 0 Å². The van der Waals surface area contributed by atoms with E-state index in [1.165, 1.54) is 0 Å². The fourth-order valence-corrected chi connectivity index (χ4v) is 0.393. The van der Waals surface area contributed by atoms with Crippen molar-refractivity contribution in [3.05, 3.63) is 31.7 Å². The molecule has 0 nitrogen and oxygen atoms in total. The molecule has 0 aromatic heterocycles. The highest BCUT2D eigenvalue weighted by Crippen LogP contribution is 1.93. The lowest BCUT2D eigenvalue weighted by Gasteiger charge is -1.57. The molecule has 0 atom stereocenters. The number of allylic oxidation sites excluding steroid dienone is 4. The normalized spacial score (nSPS) is 14.7. The molecule has 0 aromatic rings. The van der Waals surface area contributed by atoms with Crippen LogP contribution in [0, 0.1) is 7.43 Å². The fourth-order valence-electron chi connectivity index (χ4n) is 0.393. The monoisotopic (exact) mass is 79.1 g/mol. The van der Waals surface area contributed by atoms with Gasteiger partial charge in [-0.15, -0.1) is 0 Å². The van der Waals surface area contributed by atoms with Gasteiger partial charge in [-0.25, -0.2) is 0 Å². The van der Waals surface area contributed by atoms with Crippen LogP contribution in [0.15, 0.2) is 24.3 Å². The Hall–Kier alpha value is -0.520. The third-order valence-electron chi connectivity index (χ3n) is 0.655. The first-order valence-electron chi connectivity index (χ1n) is 1.82. The number of rotatable bonds is 0. The van der Waals surface area contributed by atoms with Crippen LogP contribution >= 0.6 is 0 Å². The summed E-state index contributed by atoms with van der Waals surface area (Å²) in [4.78, 5) is 0. The summed E-state index contributed by atoms with van der Waals surface area (Å²) in [5.41, 5.74) is 0. The smallest absolute Gasteiger partial charge is 0.0163 e. The quantitative estimate of drug-likeness (QED) is 0.414. The van der Waals surface area contributed by atoms with E-state index in [0.29, 0.717) is 0 Å². The predicted molar refractivity (Wildman–Crippen MR) is 27.2 cm³/mol. The SMILES string of the molecule is C1=CCC=C1.[CH]. The van der Waals surface area contributed by atoms with Gasteiger partial charge in [0.15, 0.2) is 0 Å². The average Bonchev–Trinajstić information content (AvgIpc) is 1.76. The molecule has 0 saturated carbocycles. The molecule has 3 radical (unpaired) electrons. The summed E-state index contributed by atoms with van der Waals surface area (Å²) in [5, 5.41) is 0. The third-order valence-corrected chi connectivity index (χ3v) is 0.655. The van der Waals surface area contributed by atoms with E-state index < -0.39 is 0 Å². The van der Waals surface area contributed by atoms with Crippen molar-refractivity contribution in [1.82, 2.24) is 0 Å². The lowest BCUT2D eigenvalue weighted by Crippen LogP contribution is -1.37. The second-order valence-electron chi connectivity index (χ2n) is 1.09. The number of hydrogen-bond acceptors (Lipinski definition) is 0. The van der Waals surface area contributed by atoms with Gasteiger partial charge in [0.25, 0.3) is 0 Å². The van der Waals surface area contributed by atoms with Crippen LogP contribution in [0.3, 0.4) is 0 Å². The Morgan fingerprint density at radius 3 is 1.67 bits per heavy atom. The molecular weight excluding hydrogens is 72.1 g/mol. The van der Waals surface area contributed by atoms with E-state index in [-0.39, 0.29) is 7.43 Å². The van der Waals surface area contributed by atoms with Gasteiger partial charge in [-0.2, -0.15) is 0 Å². The molecule has 0 spiro atoms. The second-order valence-corrected chi connectivity index (χ2v) is 1.09. The molecule has 0 heterocycles. The zero-order chi connectivity index (χ0) is 3.54. The molecule has 0 heteroatoms. The van der Waals surface area contributed by atoms with Gasteiger partial charge in [0.1, 0.15) is 0 Å². The molecule has 0 N–H and O–H groups in total. The molecule has 31 valence electrons. The minimum Gasteiger partial charge on any atom is -0.0808 e. The summed E-state index contributed by atoms with van der Waals surface area (Å²) < 4.78 is 0. The van der Waals surface area contributed by atoms with Crippen molar-refractivity contribution in [3.63, 3.8) is 0 Å². The Morgan fingerprint density at radius 2 is 1.50 bits per heavy atom. The van der Waals surface area contributed by atoms with Crippen LogP contribution in [-0.4, -0.2) is 0 Å². The Kier molecular flexibility index (Phi) is 2.47. The average molecular weight is 79.1 g/mol. The molecule has 0 unspecified atom stereocenters. The third kappa shape index (κ3) is 1.07. The van der Waals surface area contributed by atoms with E-state index in [4.69, 9.17) is 0 Å². The summed E-state index contributed by atoms with van der Waals surface area (Å²) in [5.74, 6) is 0. The van der Waals surface area contributed by atoms with Crippen LogP contribution in [0.1, 0.15) is 6.42 Å². The van der Waals surface area contributed by atoms with Gasteiger partial charge in [0.2, 0.25) is 0 Å². The van der Waals surface area contributed by atoms with Crippen molar-refractivity contribution in [1.29, 1.82) is 0 Å². The van der Waals surface area contributed by atoms with Gasteiger partial charge in [0, 0.05) is 0 Å². The first-order chi connectivity index (χ1) is 2.50. The van der Waals surface area contributed by atoms with E-state index in [1.54, 1.807) is 0 Å². The highest BCUT2D eigenvalue weighted by Gasteiger charge is 1.72. The lowest BCUT2D eigenvalue weighted by atomic mass is 10.5. The van der Waals surface area contributed by atoms with Gasteiger partial charge >= 0.3 is 0 Å². The molecule has 0 fully saturated rings. The minimum atomic E-state index is 0. The van der Waals surface area contributed by atoms with Crippen molar-refractivity contribution >= 4 is 0 Å². The number of hydrogen-bond donors (Lipinski definition) is 0. The Bertz CT molecular complexity index is 58.1. The molecule has 1 rings (SSSR count). The van der Waals surface area contributed by atoms with Crippen molar-refractivity contribution in [2.45, 2.75) is 6.42 Å². The Morgan fingerprint density at radius 1 is 1.00 bits per heavy atom. The summed E-state index contributed by atoms with van der Waals surface area (Å²) >= 11 is 0. The molecule has 0 bridgehead atoms. The van der Waals surface area contributed by atoms with Crippen LogP contribution in [0.25, 0.3) is 0 Å². The molecule has 1 aliphatic rings. The van der Waals surface area contributed by atoms with E-state index in [9.17, 15) is 0 Å². The summed E-state index contributed by atoms with van der Waals surface area (Å²) in [6.07, 6.45) is 9.50. The summed E-state index contributed by atoms with van der Waals surface area (Å²) in [7, 11) is 0. The van der Waals surface area contributed by atoms with Crippen molar-refractivity contribution in [2.24, 2.45) is 0 Å². The first kappa shape index (κ1) is 5.48. The van der Waals surface area contributed by atoms with Crippen LogP contribution < -0.4 is 0 Å². The largest absolute Gasteiger partial charge is 0.0808 e. The van der Waals surface area contributed by atoms with Gasteiger partial charge in [-0.05, 0) is 13.8 Å². The van der Waals surface area contributed by atoms with E-state index in [2.05, 4.69) is 24.3 Å². The standard InChI is InChI=1S/C5H6.CH/c1-2-4-5-3-1;/h1-4H,5H2;1H. The van der Waals surface area contributed by atoms with Gasteiger partial charge in [0.05, 0.1) is 0 Å². The maximum atomic E-state index is 2.12. The van der Waals surface area contributed by atoms with Crippen molar-refractivity contribution < 1.29 is 0 Å². The second kappa shape index (κ2) is 2.70. The molecule has 6 heavy (non-hydrogen) atoms. The van der Waals surface area contributed by atoms with Crippen LogP contribution in [0.2, 0.25) is 0 Å². The lowest BCUT2D eigenvalue weighted by molar-refractivity contribution is 1.45. The van der Waals surface area contributed by atoms with Gasteiger partial charge < -0.3 is 0 Å². The maximum absolute atomic E-state index is 2.12. The van der Waals surface area contributed by atoms with E-state index >= 15 is 0 Å². The minimum absolute atomic E-state index is 0. The Labute approximate surface area is 39.2 Å². The van der Waals surface area contributed by atoms with Gasteiger partial charge in [-0.3, -0.25) is 0 Å². The van der Waals surface area contributed by atoms with E-state index in [0.717, 1.165) is 6.42 Å². The summed E-state index contributed by atoms with van der Waals surface area (Å²) in [6, 6.07) is 0. The molecule has 0 amide bonds. The van der Waals surface area contributed by atoms with Gasteiger partial charge in [-0.1, -0.05) is 24.3 Å². The zero-order valence-corrected chi connectivity index (χ0v) is 3.59. The molecule has 0 aliphatic heterocycles. The maximum Gasteiger partial charge on any atom is -0.0163 e. The highest BCUT2D eigenvalue weighted by atomic mass is 13.8. The molecular formula is C6H7. The van der Waals surface area contributed by atoms with Crippen LogP contribution in [0.4, 0.5) is 0 Å². The van der Waals surface area contributed by atoms with Crippen molar-refractivity contribution in [2.75, 3.05) is 0 Å². The molecule has 1 aliphatic carbocycles. The Balaban J connectivity index is 0.000000250. The zero-order valence-electron chi connectivity index (χ0n) is 3.59.